The molecule has 1 N–H and O–H groups in total. The zero-order valence-corrected chi connectivity index (χ0v) is 14.9. The van der Waals surface area contributed by atoms with Gasteiger partial charge in [-0.15, -0.1) is 11.8 Å². The predicted molar refractivity (Wildman–Crippen MR) is 102 cm³/mol. The Bertz CT molecular complexity index is 973. The number of halogens is 1. The highest BCUT2D eigenvalue weighted by atomic mass is 32.2. The van der Waals surface area contributed by atoms with Gasteiger partial charge in [-0.2, -0.15) is 0 Å². The maximum Gasteiger partial charge on any atom is 0.291 e. The first kappa shape index (κ1) is 17.4. The number of anilines is 2. The van der Waals surface area contributed by atoms with Gasteiger partial charge < -0.3 is 9.73 Å². The van der Waals surface area contributed by atoms with Crippen LogP contribution in [0.3, 0.4) is 0 Å². The summed E-state index contributed by atoms with van der Waals surface area (Å²) in [6, 6.07) is 16.6. The fourth-order valence-corrected chi connectivity index (χ4v) is 4.08. The van der Waals surface area contributed by atoms with Crippen LogP contribution in [0.2, 0.25) is 0 Å². The number of rotatable bonds is 4. The Labute approximate surface area is 159 Å². The Balaban J connectivity index is 1.55. The molecule has 2 amide bonds. The molecule has 0 radical (unpaired) electrons. The van der Waals surface area contributed by atoms with E-state index >= 15 is 0 Å². The fourth-order valence-electron chi connectivity index (χ4n) is 2.91. The lowest BCUT2D eigenvalue weighted by Gasteiger charge is -2.24. The average Bonchev–Trinajstić information content (AvgIpc) is 3.33. The van der Waals surface area contributed by atoms with E-state index in [2.05, 4.69) is 5.32 Å². The van der Waals surface area contributed by atoms with Gasteiger partial charge in [0, 0.05) is 5.69 Å². The predicted octanol–water partition coefficient (Wildman–Crippen LogP) is 4.45. The maximum absolute atomic E-state index is 14.2. The molecule has 136 valence electrons. The lowest BCUT2D eigenvalue weighted by atomic mass is 10.1. The molecule has 0 bridgehead atoms. The normalized spacial score (nSPS) is 16.6. The second-order valence-corrected chi connectivity index (χ2v) is 7.00. The van der Waals surface area contributed by atoms with Gasteiger partial charge in [-0.3, -0.25) is 14.5 Å². The number of carbonyl (C=O) groups excluding carboxylic acids is 2. The summed E-state index contributed by atoms with van der Waals surface area (Å²) in [5.41, 5.74) is 1.73. The molecular formula is C20H15FN2O3S. The smallest absolute Gasteiger partial charge is 0.291 e. The molecule has 4 rings (SSSR count). The monoisotopic (exact) mass is 382 g/mol. The molecule has 1 atom stereocenters. The SMILES string of the molecule is O=C(Nc1ccc([C@H]2SCC(=O)N2c2ccccc2F)cc1)c1ccco1. The quantitative estimate of drug-likeness (QED) is 0.724. The molecule has 1 aliphatic rings. The van der Waals surface area contributed by atoms with Crippen molar-refractivity contribution in [2.75, 3.05) is 16.0 Å². The van der Waals surface area contributed by atoms with E-state index in [0.29, 0.717) is 5.69 Å². The summed E-state index contributed by atoms with van der Waals surface area (Å²) in [6.07, 6.45) is 1.43. The van der Waals surface area contributed by atoms with E-state index in [1.54, 1.807) is 42.5 Å². The van der Waals surface area contributed by atoms with Crippen molar-refractivity contribution in [3.63, 3.8) is 0 Å². The van der Waals surface area contributed by atoms with Gasteiger partial charge in [-0.1, -0.05) is 24.3 Å². The van der Waals surface area contributed by atoms with Crippen LogP contribution in [0, 0.1) is 5.82 Å². The number of amides is 2. The van der Waals surface area contributed by atoms with Crippen LogP contribution in [0.15, 0.2) is 71.3 Å². The topological polar surface area (TPSA) is 62.6 Å². The van der Waals surface area contributed by atoms with Gasteiger partial charge in [0.05, 0.1) is 17.7 Å². The summed E-state index contributed by atoms with van der Waals surface area (Å²) in [4.78, 5) is 25.8. The second-order valence-electron chi connectivity index (χ2n) is 5.93. The minimum atomic E-state index is -0.430. The van der Waals surface area contributed by atoms with Crippen molar-refractivity contribution in [1.82, 2.24) is 0 Å². The molecule has 3 aromatic rings. The van der Waals surface area contributed by atoms with E-state index < -0.39 is 5.82 Å². The van der Waals surface area contributed by atoms with Crippen LogP contribution in [0.5, 0.6) is 0 Å². The highest BCUT2D eigenvalue weighted by molar-refractivity contribution is 8.00. The summed E-state index contributed by atoms with van der Waals surface area (Å²) in [7, 11) is 0. The molecule has 5 nitrogen and oxygen atoms in total. The average molecular weight is 382 g/mol. The molecule has 1 aromatic heterocycles. The van der Waals surface area contributed by atoms with Gasteiger partial charge in [0.25, 0.3) is 5.91 Å². The molecule has 1 aliphatic heterocycles. The maximum atomic E-state index is 14.2. The van der Waals surface area contributed by atoms with Gasteiger partial charge in [0.2, 0.25) is 5.91 Å². The molecule has 27 heavy (non-hydrogen) atoms. The van der Waals surface area contributed by atoms with E-state index in [9.17, 15) is 14.0 Å². The van der Waals surface area contributed by atoms with Crippen LogP contribution >= 0.6 is 11.8 Å². The van der Waals surface area contributed by atoms with E-state index in [-0.39, 0.29) is 34.4 Å². The molecule has 1 fully saturated rings. The van der Waals surface area contributed by atoms with Crippen molar-refractivity contribution in [2.24, 2.45) is 0 Å². The summed E-state index contributed by atoms with van der Waals surface area (Å²) in [5.74, 6) is -0.394. The summed E-state index contributed by atoms with van der Waals surface area (Å²) >= 11 is 1.44. The van der Waals surface area contributed by atoms with Crippen molar-refractivity contribution >= 4 is 35.0 Å². The molecule has 1 saturated heterocycles. The third kappa shape index (κ3) is 3.46. The van der Waals surface area contributed by atoms with Crippen LogP contribution in [0.4, 0.5) is 15.8 Å². The van der Waals surface area contributed by atoms with Crippen LogP contribution in [0.1, 0.15) is 21.5 Å². The van der Waals surface area contributed by atoms with Crippen LogP contribution in [0.25, 0.3) is 0 Å². The Kier molecular flexibility index (Phi) is 4.68. The Morgan fingerprint density at radius 3 is 2.59 bits per heavy atom. The Morgan fingerprint density at radius 1 is 1.11 bits per heavy atom. The van der Waals surface area contributed by atoms with Crippen molar-refractivity contribution in [3.05, 3.63) is 84.1 Å². The number of nitrogens with one attached hydrogen (secondary N) is 1. The van der Waals surface area contributed by atoms with Gasteiger partial charge >= 0.3 is 0 Å². The van der Waals surface area contributed by atoms with Crippen LogP contribution < -0.4 is 10.2 Å². The third-order valence-corrected chi connectivity index (χ3v) is 5.39. The van der Waals surface area contributed by atoms with Crippen LogP contribution in [-0.2, 0) is 4.79 Å². The summed E-state index contributed by atoms with van der Waals surface area (Å²) in [6.45, 7) is 0. The van der Waals surface area contributed by atoms with Crippen molar-refractivity contribution in [2.45, 2.75) is 5.37 Å². The van der Waals surface area contributed by atoms with E-state index in [4.69, 9.17) is 4.42 Å². The van der Waals surface area contributed by atoms with Crippen molar-refractivity contribution in [3.8, 4) is 0 Å². The molecule has 2 heterocycles. The molecule has 2 aromatic carbocycles. The Morgan fingerprint density at radius 2 is 1.89 bits per heavy atom. The minimum Gasteiger partial charge on any atom is -0.459 e. The van der Waals surface area contributed by atoms with Crippen molar-refractivity contribution < 1.29 is 18.4 Å². The molecular weight excluding hydrogens is 367 g/mol. The second kappa shape index (κ2) is 7.28. The minimum absolute atomic E-state index is 0.134. The Hall–Kier alpha value is -3.06. The number of carbonyl (C=O) groups is 2. The standard InChI is InChI=1S/C20H15FN2O3S/c21-15-4-1-2-5-16(15)23-18(24)12-27-20(23)13-7-9-14(10-8-13)22-19(25)17-6-3-11-26-17/h1-11,20H,12H2,(H,22,25)/t20-/m1/s1. The lowest BCUT2D eigenvalue weighted by Crippen LogP contribution is -2.28. The summed E-state index contributed by atoms with van der Waals surface area (Å²) < 4.78 is 19.2. The van der Waals surface area contributed by atoms with Gasteiger partial charge in [0.1, 0.15) is 11.2 Å². The number of thioether (sulfide) groups is 1. The number of para-hydroxylation sites is 1. The molecule has 0 aliphatic carbocycles. The first-order valence-electron chi connectivity index (χ1n) is 8.26. The molecule has 0 saturated carbocycles. The lowest BCUT2D eigenvalue weighted by molar-refractivity contribution is -0.115. The number of benzene rings is 2. The molecule has 0 unspecified atom stereocenters. The highest BCUT2D eigenvalue weighted by Crippen LogP contribution is 2.42. The molecule has 7 heteroatoms. The number of hydrogen-bond donors (Lipinski definition) is 1. The first-order chi connectivity index (χ1) is 13.1. The fraction of sp³-hybridized carbons (Fsp3) is 0.100. The first-order valence-corrected chi connectivity index (χ1v) is 9.31. The van der Waals surface area contributed by atoms with Crippen LogP contribution in [-0.4, -0.2) is 17.6 Å². The zero-order valence-electron chi connectivity index (χ0n) is 14.1. The number of nitrogens with zero attached hydrogens (tertiary/aromatic N) is 1. The van der Waals surface area contributed by atoms with Gasteiger partial charge in [-0.05, 0) is 42.0 Å². The number of hydrogen-bond acceptors (Lipinski definition) is 4. The highest BCUT2D eigenvalue weighted by Gasteiger charge is 2.35. The zero-order chi connectivity index (χ0) is 18.8. The van der Waals surface area contributed by atoms with Gasteiger partial charge in [-0.25, -0.2) is 4.39 Å². The number of furan rings is 1. The van der Waals surface area contributed by atoms with E-state index in [0.717, 1.165) is 5.56 Å². The molecule has 0 spiro atoms. The van der Waals surface area contributed by atoms with Crippen molar-refractivity contribution in [1.29, 1.82) is 0 Å². The van der Waals surface area contributed by atoms with E-state index in [1.165, 1.54) is 29.0 Å². The largest absolute Gasteiger partial charge is 0.459 e. The third-order valence-electron chi connectivity index (χ3n) is 4.18. The summed E-state index contributed by atoms with van der Waals surface area (Å²) in [5, 5.41) is 2.43. The van der Waals surface area contributed by atoms with E-state index in [1.807, 2.05) is 12.1 Å². The van der Waals surface area contributed by atoms with Gasteiger partial charge in [0.15, 0.2) is 5.76 Å².